The Hall–Kier alpha value is -3.84. The van der Waals surface area contributed by atoms with Gasteiger partial charge in [0.05, 0.1) is 11.6 Å². The van der Waals surface area contributed by atoms with E-state index in [9.17, 15) is 9.18 Å². The van der Waals surface area contributed by atoms with Gasteiger partial charge in [-0.2, -0.15) is 0 Å². The van der Waals surface area contributed by atoms with Crippen LogP contribution in [0.4, 0.5) is 4.39 Å². The van der Waals surface area contributed by atoms with Crippen molar-refractivity contribution in [3.05, 3.63) is 107 Å². The molecule has 7 heteroatoms. The smallest absolute Gasteiger partial charge is 0.251 e. The maximum Gasteiger partial charge on any atom is 0.251 e. The molecule has 0 aliphatic rings. The third-order valence-corrected chi connectivity index (χ3v) is 5.42. The maximum atomic E-state index is 13.2. The number of amides is 1. The third-order valence-electron chi connectivity index (χ3n) is 5.42. The molecule has 1 unspecified atom stereocenters. The number of nitrogens with zero attached hydrogens (tertiary/aromatic N) is 2. The average molecular weight is 445 g/mol. The molecule has 3 N–H and O–H groups in total. The fourth-order valence-electron chi connectivity index (χ4n) is 3.57. The molecular weight excluding hydrogens is 419 g/mol. The molecule has 33 heavy (non-hydrogen) atoms. The van der Waals surface area contributed by atoms with E-state index in [1.54, 1.807) is 36.4 Å². The molecule has 0 fully saturated rings. The zero-order chi connectivity index (χ0) is 23.4. The molecule has 6 nitrogen and oxygen atoms in total. The largest absolute Gasteiger partial charge is 0.419 e. The minimum atomic E-state index is -0.841. The topological polar surface area (TPSA) is 94.0 Å². The standard InChI is InChI=1S/C26H25FN4O2/c1-17(19-11-13-22(27)14-12-19)29-23(32)20-9-6-10-21(15-20)24-30-31-25(33-24)26(2,28)16-18-7-4-3-5-8-18/h3-15,17H,16,28H2,1-2H3,(H,29,32)/t17-,26?/m1/s1. The Balaban J connectivity index is 1.49. The van der Waals surface area contributed by atoms with Gasteiger partial charge in [-0.25, -0.2) is 4.39 Å². The van der Waals surface area contributed by atoms with Crippen molar-refractivity contribution in [1.29, 1.82) is 0 Å². The molecule has 1 amide bonds. The van der Waals surface area contributed by atoms with E-state index in [1.807, 2.05) is 44.2 Å². The summed E-state index contributed by atoms with van der Waals surface area (Å²) in [5, 5.41) is 11.2. The van der Waals surface area contributed by atoms with Crippen molar-refractivity contribution in [1.82, 2.24) is 15.5 Å². The van der Waals surface area contributed by atoms with Gasteiger partial charge in [0.15, 0.2) is 0 Å². The third kappa shape index (κ3) is 5.32. The van der Waals surface area contributed by atoms with E-state index in [0.717, 1.165) is 11.1 Å². The molecule has 0 aliphatic carbocycles. The second-order valence-corrected chi connectivity index (χ2v) is 8.32. The maximum absolute atomic E-state index is 13.2. The minimum Gasteiger partial charge on any atom is -0.419 e. The van der Waals surface area contributed by atoms with Gasteiger partial charge in [-0.3, -0.25) is 4.79 Å². The normalized spacial score (nSPS) is 13.8. The van der Waals surface area contributed by atoms with E-state index in [1.165, 1.54) is 12.1 Å². The van der Waals surface area contributed by atoms with Gasteiger partial charge in [-0.15, -0.1) is 10.2 Å². The summed E-state index contributed by atoms with van der Waals surface area (Å²) in [6.45, 7) is 3.69. The molecule has 168 valence electrons. The molecular formula is C26H25FN4O2. The highest BCUT2D eigenvalue weighted by atomic mass is 19.1. The summed E-state index contributed by atoms with van der Waals surface area (Å²) in [6, 6.07) is 22.6. The second kappa shape index (κ2) is 9.34. The number of halogens is 1. The molecule has 1 aromatic heterocycles. The quantitative estimate of drug-likeness (QED) is 0.428. The first kappa shape index (κ1) is 22.4. The van der Waals surface area contributed by atoms with Crippen LogP contribution in [0.5, 0.6) is 0 Å². The van der Waals surface area contributed by atoms with Crippen molar-refractivity contribution in [2.75, 3.05) is 0 Å². The highest BCUT2D eigenvalue weighted by Gasteiger charge is 2.29. The first-order chi connectivity index (χ1) is 15.8. The van der Waals surface area contributed by atoms with Gasteiger partial charge in [-0.05, 0) is 61.7 Å². The lowest BCUT2D eigenvalue weighted by atomic mass is 9.94. The summed E-state index contributed by atoms with van der Waals surface area (Å²) >= 11 is 0. The Kier molecular flexibility index (Phi) is 6.33. The van der Waals surface area contributed by atoms with Crippen molar-refractivity contribution >= 4 is 5.91 Å². The van der Waals surface area contributed by atoms with E-state index >= 15 is 0 Å². The Labute approximate surface area is 191 Å². The number of benzene rings is 3. The summed E-state index contributed by atoms with van der Waals surface area (Å²) in [5.74, 6) is 0.0273. The molecule has 0 radical (unpaired) electrons. The Morgan fingerprint density at radius 3 is 2.52 bits per heavy atom. The molecule has 4 aromatic rings. The van der Waals surface area contributed by atoms with Gasteiger partial charge in [0, 0.05) is 11.1 Å². The Morgan fingerprint density at radius 2 is 1.79 bits per heavy atom. The van der Waals surface area contributed by atoms with Crippen LogP contribution in [0.1, 0.15) is 47.3 Å². The van der Waals surface area contributed by atoms with E-state index in [-0.39, 0.29) is 23.7 Å². The molecule has 0 spiro atoms. The van der Waals surface area contributed by atoms with Crippen LogP contribution in [-0.4, -0.2) is 16.1 Å². The van der Waals surface area contributed by atoms with Gasteiger partial charge < -0.3 is 15.5 Å². The number of nitrogens with two attached hydrogens (primary N) is 1. The molecule has 1 heterocycles. The number of nitrogens with one attached hydrogen (secondary N) is 1. The molecule has 4 rings (SSSR count). The van der Waals surface area contributed by atoms with Crippen LogP contribution in [0, 0.1) is 5.82 Å². The van der Waals surface area contributed by atoms with E-state index in [4.69, 9.17) is 10.2 Å². The number of carbonyl (C=O) groups is 1. The SMILES string of the molecule is C[C@@H](NC(=O)c1cccc(-c2nnc(C(C)(N)Cc3ccccc3)o2)c1)c1ccc(F)cc1. The number of aromatic nitrogens is 2. The summed E-state index contributed by atoms with van der Waals surface area (Å²) in [4.78, 5) is 12.8. The van der Waals surface area contributed by atoms with E-state index in [0.29, 0.717) is 23.4 Å². The fraction of sp³-hybridized carbons (Fsp3) is 0.192. The van der Waals surface area contributed by atoms with Gasteiger partial charge in [0.25, 0.3) is 5.91 Å². The summed E-state index contributed by atoms with van der Waals surface area (Å²) in [6.07, 6.45) is 0.541. The fourth-order valence-corrected chi connectivity index (χ4v) is 3.57. The van der Waals surface area contributed by atoms with Gasteiger partial charge in [-0.1, -0.05) is 48.5 Å². The Bertz CT molecular complexity index is 1240. The summed E-state index contributed by atoms with van der Waals surface area (Å²) < 4.78 is 19.0. The van der Waals surface area contributed by atoms with Crippen molar-refractivity contribution < 1.29 is 13.6 Å². The monoisotopic (exact) mass is 444 g/mol. The molecule has 0 saturated heterocycles. The number of hydrogen-bond donors (Lipinski definition) is 2. The lowest BCUT2D eigenvalue weighted by molar-refractivity contribution is 0.0940. The van der Waals surface area contributed by atoms with Crippen LogP contribution in [-0.2, 0) is 12.0 Å². The predicted octanol–water partition coefficient (Wildman–Crippen LogP) is 4.78. The highest BCUT2D eigenvalue weighted by molar-refractivity contribution is 5.95. The van der Waals surface area contributed by atoms with Crippen LogP contribution in [0.2, 0.25) is 0 Å². The lowest BCUT2D eigenvalue weighted by Gasteiger charge is -2.20. The second-order valence-electron chi connectivity index (χ2n) is 8.32. The van der Waals surface area contributed by atoms with E-state index in [2.05, 4.69) is 15.5 Å². The van der Waals surface area contributed by atoms with Crippen molar-refractivity contribution in [3.63, 3.8) is 0 Å². The van der Waals surface area contributed by atoms with Crippen LogP contribution in [0.3, 0.4) is 0 Å². The molecule has 2 atom stereocenters. The van der Waals surface area contributed by atoms with Gasteiger partial charge in [0.1, 0.15) is 5.82 Å². The minimum absolute atomic E-state index is 0.263. The van der Waals surface area contributed by atoms with Crippen LogP contribution in [0.15, 0.2) is 83.3 Å². The number of hydrogen-bond acceptors (Lipinski definition) is 5. The first-order valence-corrected chi connectivity index (χ1v) is 10.7. The summed E-state index contributed by atoms with van der Waals surface area (Å²) in [7, 11) is 0. The average Bonchev–Trinajstić information content (AvgIpc) is 3.31. The molecule has 3 aromatic carbocycles. The van der Waals surface area contributed by atoms with Crippen LogP contribution in [0.25, 0.3) is 11.5 Å². The van der Waals surface area contributed by atoms with E-state index < -0.39 is 5.54 Å². The summed E-state index contributed by atoms with van der Waals surface area (Å²) in [5.41, 5.74) is 8.57. The van der Waals surface area contributed by atoms with Gasteiger partial charge in [0.2, 0.25) is 11.8 Å². The van der Waals surface area contributed by atoms with Gasteiger partial charge >= 0.3 is 0 Å². The van der Waals surface area contributed by atoms with Crippen molar-refractivity contribution in [2.24, 2.45) is 5.73 Å². The van der Waals surface area contributed by atoms with Crippen molar-refractivity contribution in [2.45, 2.75) is 31.8 Å². The molecule has 0 aliphatic heterocycles. The van der Waals surface area contributed by atoms with Crippen molar-refractivity contribution in [3.8, 4) is 11.5 Å². The van der Waals surface area contributed by atoms with Crippen LogP contribution >= 0.6 is 0 Å². The Morgan fingerprint density at radius 1 is 1.06 bits per heavy atom. The van der Waals surface area contributed by atoms with Crippen LogP contribution < -0.4 is 11.1 Å². The predicted molar refractivity (Wildman–Crippen MR) is 124 cm³/mol. The number of rotatable bonds is 7. The molecule has 0 saturated carbocycles. The molecule has 0 bridgehead atoms. The zero-order valence-corrected chi connectivity index (χ0v) is 18.5. The first-order valence-electron chi connectivity index (χ1n) is 10.7. The number of carbonyl (C=O) groups excluding carboxylic acids is 1. The lowest BCUT2D eigenvalue weighted by Crippen LogP contribution is -2.35. The highest BCUT2D eigenvalue weighted by Crippen LogP contribution is 2.26. The zero-order valence-electron chi connectivity index (χ0n) is 18.5.